The Hall–Kier alpha value is -1.82. The van der Waals surface area contributed by atoms with Crippen LogP contribution in [0, 0.1) is 12.8 Å². The standard InChI is InChI=1S/C13H17NO5/c1-8-11(13(16)17)5-10(19-8)6-14-12(15)9-3-2-4-18-7-9/h5,9H,2-4,6-7H2,1H3,(H,14,15)(H,16,17)/t9-/m0/s1. The molecular weight excluding hydrogens is 250 g/mol. The Kier molecular flexibility index (Phi) is 4.21. The number of aryl methyl sites for hydroxylation is 1. The van der Waals surface area contributed by atoms with Crippen molar-refractivity contribution >= 4 is 11.9 Å². The van der Waals surface area contributed by atoms with E-state index in [-0.39, 0.29) is 23.9 Å². The predicted octanol–water partition coefficient (Wildman–Crippen LogP) is 1.33. The Morgan fingerprint density at radius 1 is 1.53 bits per heavy atom. The molecule has 0 bridgehead atoms. The van der Waals surface area contributed by atoms with E-state index in [1.807, 2.05) is 0 Å². The summed E-state index contributed by atoms with van der Waals surface area (Å²) in [4.78, 5) is 22.7. The Bertz CT molecular complexity index is 473. The van der Waals surface area contributed by atoms with Crippen molar-refractivity contribution in [1.29, 1.82) is 0 Å². The molecule has 1 amide bonds. The number of rotatable bonds is 4. The highest BCUT2D eigenvalue weighted by Gasteiger charge is 2.22. The summed E-state index contributed by atoms with van der Waals surface area (Å²) in [6.45, 7) is 2.94. The van der Waals surface area contributed by atoms with Gasteiger partial charge in [0.15, 0.2) is 0 Å². The van der Waals surface area contributed by atoms with E-state index < -0.39 is 5.97 Å². The Balaban J connectivity index is 1.89. The maximum atomic E-state index is 11.8. The van der Waals surface area contributed by atoms with Gasteiger partial charge in [-0.2, -0.15) is 0 Å². The van der Waals surface area contributed by atoms with Gasteiger partial charge in [0.25, 0.3) is 0 Å². The highest BCUT2D eigenvalue weighted by molar-refractivity contribution is 5.88. The number of carboxylic acid groups (broad SMARTS) is 1. The van der Waals surface area contributed by atoms with Crippen molar-refractivity contribution in [2.24, 2.45) is 5.92 Å². The third-order valence-corrected chi connectivity index (χ3v) is 3.17. The molecule has 0 aliphatic carbocycles. The molecule has 0 saturated carbocycles. The first kappa shape index (κ1) is 13.6. The summed E-state index contributed by atoms with van der Waals surface area (Å²) >= 11 is 0. The second kappa shape index (κ2) is 5.88. The first-order valence-electron chi connectivity index (χ1n) is 6.26. The molecule has 1 saturated heterocycles. The highest BCUT2D eigenvalue weighted by atomic mass is 16.5. The molecule has 0 radical (unpaired) electrons. The lowest BCUT2D eigenvalue weighted by Gasteiger charge is -2.20. The average molecular weight is 267 g/mol. The monoisotopic (exact) mass is 267 g/mol. The van der Waals surface area contributed by atoms with Gasteiger partial charge < -0.3 is 19.6 Å². The molecule has 0 aromatic carbocycles. The van der Waals surface area contributed by atoms with Gasteiger partial charge in [0.2, 0.25) is 5.91 Å². The molecule has 1 aromatic rings. The summed E-state index contributed by atoms with van der Waals surface area (Å²) in [7, 11) is 0. The molecule has 1 aliphatic heterocycles. The van der Waals surface area contributed by atoms with Crippen LogP contribution in [0.2, 0.25) is 0 Å². The van der Waals surface area contributed by atoms with E-state index in [1.165, 1.54) is 6.07 Å². The maximum absolute atomic E-state index is 11.8. The second-order valence-corrected chi connectivity index (χ2v) is 4.62. The van der Waals surface area contributed by atoms with E-state index >= 15 is 0 Å². The van der Waals surface area contributed by atoms with Gasteiger partial charge >= 0.3 is 5.97 Å². The Labute approximate surface area is 110 Å². The molecule has 6 nitrogen and oxygen atoms in total. The highest BCUT2D eigenvalue weighted by Crippen LogP contribution is 2.16. The summed E-state index contributed by atoms with van der Waals surface area (Å²) in [5, 5.41) is 11.6. The minimum Gasteiger partial charge on any atom is -0.478 e. The summed E-state index contributed by atoms with van der Waals surface area (Å²) in [5.41, 5.74) is 0.130. The van der Waals surface area contributed by atoms with Crippen molar-refractivity contribution in [3.63, 3.8) is 0 Å². The number of carbonyl (C=O) groups is 2. The van der Waals surface area contributed by atoms with E-state index in [0.29, 0.717) is 24.7 Å². The van der Waals surface area contributed by atoms with Gasteiger partial charge in [-0.15, -0.1) is 0 Å². The molecule has 19 heavy (non-hydrogen) atoms. The quantitative estimate of drug-likeness (QED) is 0.859. The van der Waals surface area contributed by atoms with Gasteiger partial charge in [-0.1, -0.05) is 0 Å². The van der Waals surface area contributed by atoms with Crippen molar-refractivity contribution in [3.05, 3.63) is 23.2 Å². The van der Waals surface area contributed by atoms with E-state index in [2.05, 4.69) is 5.32 Å². The number of carbonyl (C=O) groups excluding carboxylic acids is 1. The lowest BCUT2D eigenvalue weighted by molar-refractivity contribution is -0.129. The Morgan fingerprint density at radius 3 is 2.89 bits per heavy atom. The minimum absolute atomic E-state index is 0.0781. The van der Waals surface area contributed by atoms with Crippen LogP contribution in [-0.4, -0.2) is 30.2 Å². The zero-order valence-corrected chi connectivity index (χ0v) is 10.8. The molecule has 2 N–H and O–H groups in total. The van der Waals surface area contributed by atoms with Crippen molar-refractivity contribution in [2.45, 2.75) is 26.3 Å². The van der Waals surface area contributed by atoms with E-state index in [9.17, 15) is 9.59 Å². The second-order valence-electron chi connectivity index (χ2n) is 4.62. The van der Waals surface area contributed by atoms with E-state index in [1.54, 1.807) is 6.92 Å². The topological polar surface area (TPSA) is 88.8 Å². The van der Waals surface area contributed by atoms with Crippen LogP contribution >= 0.6 is 0 Å². The first-order valence-corrected chi connectivity index (χ1v) is 6.26. The molecule has 104 valence electrons. The smallest absolute Gasteiger partial charge is 0.339 e. The number of carboxylic acids is 1. The molecule has 1 fully saturated rings. The van der Waals surface area contributed by atoms with Crippen LogP contribution in [0.4, 0.5) is 0 Å². The number of ether oxygens (including phenoxy) is 1. The average Bonchev–Trinajstić information content (AvgIpc) is 2.78. The lowest BCUT2D eigenvalue weighted by Crippen LogP contribution is -2.35. The molecular formula is C13H17NO5. The van der Waals surface area contributed by atoms with Crippen molar-refractivity contribution < 1.29 is 23.8 Å². The maximum Gasteiger partial charge on any atom is 0.339 e. The number of hydrogen-bond acceptors (Lipinski definition) is 4. The molecule has 0 spiro atoms. The third-order valence-electron chi connectivity index (χ3n) is 3.17. The summed E-state index contributed by atoms with van der Waals surface area (Å²) < 4.78 is 10.5. The van der Waals surface area contributed by atoms with Gasteiger partial charge in [0.1, 0.15) is 17.1 Å². The largest absolute Gasteiger partial charge is 0.478 e. The molecule has 1 aliphatic rings. The molecule has 1 atom stereocenters. The Morgan fingerprint density at radius 2 is 2.32 bits per heavy atom. The zero-order chi connectivity index (χ0) is 13.8. The van der Waals surface area contributed by atoms with Crippen LogP contribution in [0.3, 0.4) is 0 Å². The van der Waals surface area contributed by atoms with Crippen molar-refractivity contribution in [3.8, 4) is 0 Å². The van der Waals surface area contributed by atoms with Crippen molar-refractivity contribution in [2.75, 3.05) is 13.2 Å². The third kappa shape index (κ3) is 3.35. The summed E-state index contributed by atoms with van der Waals surface area (Å²) in [5.74, 6) is -0.438. The van der Waals surface area contributed by atoms with Gasteiger partial charge in [-0.25, -0.2) is 4.79 Å². The summed E-state index contributed by atoms with van der Waals surface area (Å²) in [6.07, 6.45) is 1.71. The molecule has 6 heteroatoms. The fourth-order valence-corrected chi connectivity index (χ4v) is 2.11. The van der Waals surface area contributed by atoms with Crippen LogP contribution in [0.5, 0.6) is 0 Å². The number of nitrogens with one attached hydrogen (secondary N) is 1. The number of furan rings is 1. The predicted molar refractivity (Wildman–Crippen MR) is 65.8 cm³/mol. The van der Waals surface area contributed by atoms with Crippen molar-refractivity contribution in [1.82, 2.24) is 5.32 Å². The lowest BCUT2D eigenvalue weighted by atomic mass is 10.0. The van der Waals surface area contributed by atoms with Gasteiger partial charge in [-0.05, 0) is 25.8 Å². The van der Waals surface area contributed by atoms with Gasteiger partial charge in [0, 0.05) is 6.61 Å². The van der Waals surface area contributed by atoms with E-state index in [4.69, 9.17) is 14.3 Å². The number of hydrogen-bond donors (Lipinski definition) is 2. The van der Waals surface area contributed by atoms with E-state index in [0.717, 1.165) is 12.8 Å². The number of aromatic carboxylic acids is 1. The molecule has 2 heterocycles. The summed E-state index contributed by atoms with van der Waals surface area (Å²) in [6, 6.07) is 1.44. The molecule has 0 unspecified atom stereocenters. The minimum atomic E-state index is -1.03. The van der Waals surface area contributed by atoms with Crippen LogP contribution in [0.1, 0.15) is 34.7 Å². The zero-order valence-electron chi connectivity index (χ0n) is 10.8. The van der Waals surface area contributed by atoms with Crippen LogP contribution < -0.4 is 5.32 Å². The fraction of sp³-hybridized carbons (Fsp3) is 0.538. The van der Waals surface area contributed by atoms with Gasteiger partial charge in [0.05, 0.1) is 19.1 Å². The van der Waals surface area contributed by atoms with Crippen LogP contribution in [0.25, 0.3) is 0 Å². The number of amides is 1. The van der Waals surface area contributed by atoms with Crippen LogP contribution in [0.15, 0.2) is 10.5 Å². The van der Waals surface area contributed by atoms with Crippen LogP contribution in [-0.2, 0) is 16.1 Å². The molecule has 1 aromatic heterocycles. The molecule has 2 rings (SSSR count). The normalized spacial score (nSPS) is 19.1. The van der Waals surface area contributed by atoms with Gasteiger partial charge in [-0.3, -0.25) is 4.79 Å². The SMILES string of the molecule is Cc1oc(CNC(=O)[C@H]2CCCOC2)cc1C(=O)O. The fourth-order valence-electron chi connectivity index (χ4n) is 2.11. The first-order chi connectivity index (χ1) is 9.08.